The predicted octanol–water partition coefficient (Wildman–Crippen LogP) is 3.28. The van der Waals surface area contributed by atoms with Crippen molar-refractivity contribution in [2.24, 2.45) is 0 Å². The first-order valence-corrected chi connectivity index (χ1v) is 8.41. The highest BCUT2D eigenvalue weighted by Gasteiger charge is 2.11. The van der Waals surface area contributed by atoms with Crippen molar-refractivity contribution in [1.82, 2.24) is 10.3 Å². The predicted molar refractivity (Wildman–Crippen MR) is 103 cm³/mol. The van der Waals surface area contributed by atoms with Crippen LogP contribution in [0.25, 0.3) is 0 Å². The number of phenolic OH excluding ortho intramolecular Hbond substituents is 1. The zero-order valence-corrected chi connectivity index (χ0v) is 14.8. The van der Waals surface area contributed by atoms with Gasteiger partial charge in [0.25, 0.3) is 11.8 Å². The number of benzene rings is 2. The third kappa shape index (κ3) is 4.70. The molecule has 3 rings (SSSR count). The van der Waals surface area contributed by atoms with Gasteiger partial charge in [-0.2, -0.15) is 0 Å². The number of nitrogens with one attached hydrogen (secondary N) is 2. The van der Waals surface area contributed by atoms with E-state index in [9.17, 15) is 14.7 Å². The van der Waals surface area contributed by atoms with Crippen LogP contribution in [0, 0.1) is 6.92 Å². The molecule has 0 bridgehead atoms. The number of anilines is 1. The Hall–Kier alpha value is -3.67. The second-order valence-electron chi connectivity index (χ2n) is 6.09. The Bertz CT molecular complexity index is 971. The Morgan fingerprint density at radius 1 is 1.00 bits per heavy atom. The molecule has 0 radical (unpaired) electrons. The second-order valence-corrected chi connectivity index (χ2v) is 6.09. The summed E-state index contributed by atoms with van der Waals surface area (Å²) in [6.45, 7) is 2.12. The molecule has 3 aromatic rings. The summed E-state index contributed by atoms with van der Waals surface area (Å²) in [5.74, 6) is -0.651. The van der Waals surface area contributed by atoms with E-state index in [2.05, 4.69) is 15.6 Å². The number of aromatic nitrogens is 1. The zero-order valence-electron chi connectivity index (χ0n) is 14.8. The van der Waals surface area contributed by atoms with E-state index in [-0.39, 0.29) is 29.7 Å². The molecule has 27 heavy (non-hydrogen) atoms. The van der Waals surface area contributed by atoms with E-state index in [0.29, 0.717) is 11.3 Å². The van der Waals surface area contributed by atoms with Crippen LogP contribution in [0.15, 0.2) is 67.0 Å². The molecule has 0 saturated heterocycles. The Balaban J connectivity index is 1.65. The molecule has 3 N–H and O–H groups in total. The molecule has 1 aromatic heterocycles. The maximum absolute atomic E-state index is 12.3. The minimum absolute atomic E-state index is 0.0588. The standard InChI is InChI=1S/C21H19N3O3/c1-14-5-6-19(25)18(11-14)21(27)23-13-15-3-2-4-17(12-15)24-20(26)16-7-9-22-10-8-16/h2-12,25H,13H2,1H3,(H,23,27)(H,24,26). The van der Waals surface area contributed by atoms with E-state index in [1.165, 1.54) is 6.07 Å². The van der Waals surface area contributed by atoms with E-state index < -0.39 is 0 Å². The smallest absolute Gasteiger partial charge is 0.255 e. The van der Waals surface area contributed by atoms with Crippen LogP contribution in [0.3, 0.4) is 0 Å². The average molecular weight is 361 g/mol. The van der Waals surface area contributed by atoms with Crippen molar-refractivity contribution in [3.8, 4) is 5.75 Å². The van der Waals surface area contributed by atoms with Gasteiger partial charge in [-0.1, -0.05) is 23.8 Å². The van der Waals surface area contributed by atoms with Gasteiger partial charge in [0, 0.05) is 30.2 Å². The van der Waals surface area contributed by atoms with Crippen molar-refractivity contribution in [3.05, 3.63) is 89.2 Å². The number of carbonyl (C=O) groups is 2. The van der Waals surface area contributed by atoms with E-state index in [0.717, 1.165) is 11.1 Å². The lowest BCUT2D eigenvalue weighted by Gasteiger charge is -2.10. The van der Waals surface area contributed by atoms with E-state index in [4.69, 9.17) is 0 Å². The van der Waals surface area contributed by atoms with Crippen LogP contribution in [0.5, 0.6) is 5.75 Å². The molecule has 0 aliphatic carbocycles. The monoisotopic (exact) mass is 361 g/mol. The topological polar surface area (TPSA) is 91.3 Å². The number of aryl methyl sites for hydroxylation is 1. The van der Waals surface area contributed by atoms with Crippen LogP contribution >= 0.6 is 0 Å². The van der Waals surface area contributed by atoms with Gasteiger partial charge >= 0.3 is 0 Å². The van der Waals surface area contributed by atoms with Gasteiger partial charge in [0.1, 0.15) is 5.75 Å². The first-order valence-electron chi connectivity index (χ1n) is 8.41. The van der Waals surface area contributed by atoms with Gasteiger partial charge in [-0.05, 0) is 48.9 Å². The summed E-state index contributed by atoms with van der Waals surface area (Å²) in [4.78, 5) is 28.4. The van der Waals surface area contributed by atoms with Crippen molar-refractivity contribution in [1.29, 1.82) is 0 Å². The van der Waals surface area contributed by atoms with Gasteiger partial charge in [-0.3, -0.25) is 14.6 Å². The number of pyridine rings is 1. The summed E-state index contributed by atoms with van der Waals surface area (Å²) in [5, 5.41) is 15.4. The van der Waals surface area contributed by atoms with Crippen LogP contribution in [0.1, 0.15) is 31.8 Å². The Morgan fingerprint density at radius 3 is 2.56 bits per heavy atom. The summed E-state index contributed by atoms with van der Waals surface area (Å²) in [5.41, 5.74) is 3.08. The van der Waals surface area contributed by atoms with Crippen LogP contribution < -0.4 is 10.6 Å². The highest BCUT2D eigenvalue weighted by Crippen LogP contribution is 2.18. The highest BCUT2D eigenvalue weighted by atomic mass is 16.3. The maximum atomic E-state index is 12.3. The molecule has 6 heteroatoms. The molecule has 0 unspecified atom stereocenters. The number of phenols is 1. The normalized spacial score (nSPS) is 10.3. The molecule has 0 atom stereocenters. The van der Waals surface area contributed by atoms with Crippen molar-refractivity contribution >= 4 is 17.5 Å². The molecule has 2 amide bonds. The van der Waals surface area contributed by atoms with Crippen LogP contribution in [-0.4, -0.2) is 21.9 Å². The molecular formula is C21H19N3O3. The summed E-state index contributed by atoms with van der Waals surface area (Å²) >= 11 is 0. The third-order valence-corrected chi connectivity index (χ3v) is 3.98. The molecule has 136 valence electrons. The van der Waals surface area contributed by atoms with Gasteiger partial charge in [-0.15, -0.1) is 0 Å². The second kappa shape index (κ2) is 8.14. The summed E-state index contributed by atoms with van der Waals surface area (Å²) in [6.07, 6.45) is 3.11. The lowest BCUT2D eigenvalue weighted by Crippen LogP contribution is -2.23. The van der Waals surface area contributed by atoms with Crippen LogP contribution in [0.2, 0.25) is 0 Å². The zero-order chi connectivity index (χ0) is 19.2. The number of carbonyl (C=O) groups excluding carboxylic acids is 2. The SMILES string of the molecule is Cc1ccc(O)c(C(=O)NCc2cccc(NC(=O)c3ccncc3)c2)c1. The lowest BCUT2D eigenvalue weighted by molar-refractivity contribution is 0.0947. The van der Waals surface area contributed by atoms with Crippen molar-refractivity contribution in [2.75, 3.05) is 5.32 Å². The molecule has 1 heterocycles. The van der Waals surface area contributed by atoms with Crippen molar-refractivity contribution in [2.45, 2.75) is 13.5 Å². The number of hydrogen-bond acceptors (Lipinski definition) is 4. The third-order valence-electron chi connectivity index (χ3n) is 3.98. The average Bonchev–Trinajstić information content (AvgIpc) is 2.69. The first kappa shape index (κ1) is 18.1. The Kier molecular flexibility index (Phi) is 5.47. The van der Waals surface area contributed by atoms with Gasteiger partial charge in [0.2, 0.25) is 0 Å². The quantitative estimate of drug-likeness (QED) is 0.650. The van der Waals surface area contributed by atoms with Crippen molar-refractivity contribution < 1.29 is 14.7 Å². The fourth-order valence-corrected chi connectivity index (χ4v) is 2.57. The molecule has 0 saturated carbocycles. The summed E-state index contributed by atoms with van der Waals surface area (Å²) in [7, 11) is 0. The molecule has 2 aromatic carbocycles. The largest absolute Gasteiger partial charge is 0.507 e. The van der Waals surface area contributed by atoms with Gasteiger partial charge < -0.3 is 15.7 Å². The number of aromatic hydroxyl groups is 1. The fourth-order valence-electron chi connectivity index (χ4n) is 2.57. The highest BCUT2D eigenvalue weighted by molar-refractivity contribution is 6.04. The molecular weight excluding hydrogens is 342 g/mol. The fraction of sp³-hybridized carbons (Fsp3) is 0.0952. The lowest BCUT2D eigenvalue weighted by atomic mass is 10.1. The van der Waals surface area contributed by atoms with Crippen LogP contribution in [-0.2, 0) is 6.54 Å². The van der Waals surface area contributed by atoms with Crippen LogP contribution in [0.4, 0.5) is 5.69 Å². The first-order chi connectivity index (χ1) is 13.0. The molecule has 0 aliphatic rings. The summed E-state index contributed by atoms with van der Waals surface area (Å²) in [6, 6.07) is 15.3. The van der Waals surface area contributed by atoms with Gasteiger partial charge in [0.05, 0.1) is 5.56 Å². The molecule has 0 fully saturated rings. The van der Waals surface area contributed by atoms with Gasteiger partial charge in [0.15, 0.2) is 0 Å². The number of nitrogens with zero attached hydrogens (tertiary/aromatic N) is 1. The van der Waals surface area contributed by atoms with Crippen molar-refractivity contribution in [3.63, 3.8) is 0 Å². The number of hydrogen-bond donors (Lipinski definition) is 3. The maximum Gasteiger partial charge on any atom is 0.255 e. The number of amides is 2. The molecule has 6 nitrogen and oxygen atoms in total. The molecule has 0 spiro atoms. The minimum Gasteiger partial charge on any atom is -0.507 e. The molecule has 0 aliphatic heterocycles. The Morgan fingerprint density at radius 2 is 1.78 bits per heavy atom. The van der Waals surface area contributed by atoms with E-state index >= 15 is 0 Å². The van der Waals surface area contributed by atoms with E-state index in [1.807, 2.05) is 13.0 Å². The summed E-state index contributed by atoms with van der Waals surface area (Å²) < 4.78 is 0. The number of rotatable bonds is 5. The van der Waals surface area contributed by atoms with Gasteiger partial charge in [-0.25, -0.2) is 0 Å². The minimum atomic E-state index is -0.359. The Labute approximate surface area is 156 Å². The van der Waals surface area contributed by atoms with E-state index in [1.54, 1.807) is 54.9 Å².